The zero-order valence-corrected chi connectivity index (χ0v) is 13.3. The lowest BCUT2D eigenvalue weighted by atomic mass is 10.2. The number of rotatable bonds is 11. The van der Waals surface area contributed by atoms with Gasteiger partial charge in [-0.3, -0.25) is 4.79 Å². The summed E-state index contributed by atoms with van der Waals surface area (Å²) in [4.78, 5) is 10.7. The van der Waals surface area contributed by atoms with Crippen LogP contribution in [-0.2, 0) is 11.3 Å². The summed E-state index contributed by atoms with van der Waals surface area (Å²) in [6, 6.07) is 8.24. The predicted molar refractivity (Wildman–Crippen MR) is 86.5 cm³/mol. The third kappa shape index (κ3) is 9.08. The maximum absolute atomic E-state index is 10.7. The lowest BCUT2D eigenvalue weighted by Crippen LogP contribution is -2.24. The molecule has 0 radical (unpaired) electrons. The first-order valence-corrected chi connectivity index (χ1v) is 7.89. The van der Waals surface area contributed by atoms with E-state index in [2.05, 4.69) is 29.7 Å². The zero-order valence-electron chi connectivity index (χ0n) is 13.3. The van der Waals surface area contributed by atoms with Crippen LogP contribution in [0.2, 0.25) is 0 Å². The van der Waals surface area contributed by atoms with Crippen molar-refractivity contribution in [2.75, 3.05) is 19.7 Å². The Balaban J connectivity index is 2.11. The van der Waals surface area contributed by atoms with Gasteiger partial charge in [-0.2, -0.15) is 0 Å². The Morgan fingerprint density at radius 2 is 1.86 bits per heavy atom. The minimum atomic E-state index is 0.0320. The van der Waals surface area contributed by atoms with Gasteiger partial charge in [-0.25, -0.2) is 0 Å². The summed E-state index contributed by atoms with van der Waals surface area (Å²) in [6.45, 7) is 7.00. The summed E-state index contributed by atoms with van der Waals surface area (Å²) in [5.74, 6) is 0.977. The van der Waals surface area contributed by atoms with Crippen LogP contribution in [0.1, 0.15) is 45.1 Å². The number of hydrogen-bond acceptors (Lipinski definition) is 3. The Morgan fingerprint density at radius 1 is 1.10 bits per heavy atom. The molecule has 0 aliphatic carbocycles. The number of carbonyl (C=O) groups excluding carboxylic acids is 1. The quantitative estimate of drug-likeness (QED) is 0.617. The van der Waals surface area contributed by atoms with E-state index in [0.717, 1.165) is 44.8 Å². The zero-order chi connectivity index (χ0) is 15.3. The molecule has 0 heterocycles. The van der Waals surface area contributed by atoms with E-state index in [1.54, 1.807) is 6.92 Å². The van der Waals surface area contributed by atoms with Gasteiger partial charge in [0.25, 0.3) is 0 Å². The topological polar surface area (TPSA) is 50.4 Å². The van der Waals surface area contributed by atoms with Gasteiger partial charge in [0.2, 0.25) is 5.91 Å². The molecule has 4 heteroatoms. The average Bonchev–Trinajstić information content (AvgIpc) is 2.48. The molecular weight excluding hydrogens is 264 g/mol. The largest absolute Gasteiger partial charge is 0.494 e. The van der Waals surface area contributed by atoms with Crippen LogP contribution in [0.5, 0.6) is 5.75 Å². The summed E-state index contributed by atoms with van der Waals surface area (Å²) in [6.07, 6.45) is 4.50. The molecule has 0 atom stereocenters. The minimum absolute atomic E-state index is 0.0320. The molecular formula is C17H28N2O2. The highest BCUT2D eigenvalue weighted by Crippen LogP contribution is 2.12. The van der Waals surface area contributed by atoms with E-state index in [9.17, 15) is 4.79 Å². The molecule has 0 aliphatic rings. The fourth-order valence-corrected chi connectivity index (χ4v) is 1.96. The Morgan fingerprint density at radius 3 is 2.52 bits per heavy atom. The second-order valence-corrected chi connectivity index (χ2v) is 5.21. The van der Waals surface area contributed by atoms with E-state index < -0.39 is 0 Å². The highest BCUT2D eigenvalue weighted by molar-refractivity contribution is 5.72. The van der Waals surface area contributed by atoms with Crippen molar-refractivity contribution in [2.24, 2.45) is 0 Å². The molecule has 2 N–H and O–H groups in total. The van der Waals surface area contributed by atoms with Gasteiger partial charge in [-0.15, -0.1) is 0 Å². The third-order valence-electron chi connectivity index (χ3n) is 3.17. The minimum Gasteiger partial charge on any atom is -0.494 e. The maximum atomic E-state index is 10.7. The molecule has 0 spiro atoms. The molecule has 0 fully saturated rings. The monoisotopic (exact) mass is 292 g/mol. The van der Waals surface area contributed by atoms with Crippen LogP contribution in [-0.4, -0.2) is 25.6 Å². The first-order chi connectivity index (χ1) is 10.2. The SMILES string of the molecule is CCCCCOc1ccc(CNCCCNC(C)=O)cc1. The molecule has 1 rings (SSSR count). The van der Waals surface area contributed by atoms with Gasteiger partial charge in [0.05, 0.1) is 6.61 Å². The molecule has 0 aromatic heterocycles. The van der Waals surface area contributed by atoms with Gasteiger partial charge in [0, 0.05) is 20.0 Å². The van der Waals surface area contributed by atoms with Crippen LogP contribution < -0.4 is 15.4 Å². The van der Waals surface area contributed by atoms with Gasteiger partial charge in [0.15, 0.2) is 0 Å². The Labute approximate surface area is 128 Å². The summed E-state index contributed by atoms with van der Waals surface area (Å²) in [5.41, 5.74) is 1.25. The number of amides is 1. The summed E-state index contributed by atoms with van der Waals surface area (Å²) in [5, 5.41) is 6.15. The van der Waals surface area contributed by atoms with Crippen molar-refractivity contribution >= 4 is 5.91 Å². The lowest BCUT2D eigenvalue weighted by molar-refractivity contribution is -0.118. The fraction of sp³-hybridized carbons (Fsp3) is 0.588. The molecule has 1 aromatic rings. The van der Waals surface area contributed by atoms with E-state index in [4.69, 9.17) is 4.74 Å². The van der Waals surface area contributed by atoms with Gasteiger partial charge < -0.3 is 15.4 Å². The highest BCUT2D eigenvalue weighted by atomic mass is 16.5. The molecule has 0 saturated carbocycles. The molecule has 0 bridgehead atoms. The van der Waals surface area contributed by atoms with Gasteiger partial charge in [-0.05, 0) is 37.1 Å². The Kier molecular flexibility index (Phi) is 9.29. The molecule has 0 unspecified atom stereocenters. The molecule has 118 valence electrons. The number of unbranched alkanes of at least 4 members (excludes halogenated alkanes) is 2. The fourth-order valence-electron chi connectivity index (χ4n) is 1.96. The van der Waals surface area contributed by atoms with Crippen LogP contribution in [0, 0.1) is 0 Å². The van der Waals surface area contributed by atoms with Gasteiger partial charge >= 0.3 is 0 Å². The van der Waals surface area contributed by atoms with E-state index >= 15 is 0 Å². The number of benzene rings is 1. The average molecular weight is 292 g/mol. The molecule has 1 aromatic carbocycles. The van der Waals surface area contributed by atoms with Crippen molar-refractivity contribution in [1.82, 2.24) is 10.6 Å². The first kappa shape index (κ1) is 17.5. The summed E-state index contributed by atoms with van der Waals surface area (Å²) >= 11 is 0. The van der Waals surface area contributed by atoms with Crippen LogP contribution in [0.3, 0.4) is 0 Å². The number of ether oxygens (including phenoxy) is 1. The van der Waals surface area contributed by atoms with Crippen LogP contribution in [0.4, 0.5) is 0 Å². The van der Waals surface area contributed by atoms with Crippen LogP contribution in [0.15, 0.2) is 24.3 Å². The van der Waals surface area contributed by atoms with Crippen molar-refractivity contribution in [3.8, 4) is 5.75 Å². The van der Waals surface area contributed by atoms with Crippen molar-refractivity contribution in [3.63, 3.8) is 0 Å². The number of hydrogen-bond donors (Lipinski definition) is 2. The van der Waals surface area contributed by atoms with Gasteiger partial charge in [0.1, 0.15) is 5.75 Å². The second kappa shape index (κ2) is 11.1. The van der Waals surface area contributed by atoms with Gasteiger partial charge in [-0.1, -0.05) is 31.9 Å². The normalized spacial score (nSPS) is 10.4. The smallest absolute Gasteiger partial charge is 0.216 e. The molecule has 4 nitrogen and oxygen atoms in total. The maximum Gasteiger partial charge on any atom is 0.216 e. The molecule has 21 heavy (non-hydrogen) atoms. The van der Waals surface area contributed by atoms with Crippen LogP contribution in [0.25, 0.3) is 0 Å². The summed E-state index contributed by atoms with van der Waals surface area (Å²) in [7, 11) is 0. The van der Waals surface area contributed by atoms with Crippen molar-refractivity contribution in [3.05, 3.63) is 29.8 Å². The standard InChI is InChI=1S/C17H28N2O2/c1-3-4-5-13-21-17-9-7-16(8-10-17)14-18-11-6-12-19-15(2)20/h7-10,18H,3-6,11-14H2,1-2H3,(H,19,20). The lowest BCUT2D eigenvalue weighted by Gasteiger charge is -2.08. The Hall–Kier alpha value is -1.55. The molecule has 0 saturated heterocycles. The first-order valence-electron chi connectivity index (χ1n) is 7.89. The Bertz CT molecular complexity index is 390. The molecule has 1 amide bonds. The third-order valence-corrected chi connectivity index (χ3v) is 3.17. The molecule has 0 aliphatic heterocycles. The van der Waals surface area contributed by atoms with Crippen molar-refractivity contribution < 1.29 is 9.53 Å². The van der Waals surface area contributed by atoms with Crippen molar-refractivity contribution in [1.29, 1.82) is 0 Å². The van der Waals surface area contributed by atoms with E-state index in [1.807, 2.05) is 12.1 Å². The second-order valence-electron chi connectivity index (χ2n) is 5.21. The number of carbonyl (C=O) groups is 1. The number of nitrogens with one attached hydrogen (secondary N) is 2. The van der Waals surface area contributed by atoms with Crippen molar-refractivity contribution in [2.45, 2.75) is 46.1 Å². The predicted octanol–water partition coefficient (Wildman–Crippen LogP) is 2.87. The highest BCUT2D eigenvalue weighted by Gasteiger charge is 1.96. The van der Waals surface area contributed by atoms with E-state index in [-0.39, 0.29) is 5.91 Å². The summed E-state index contributed by atoms with van der Waals surface area (Å²) < 4.78 is 5.68. The van der Waals surface area contributed by atoms with E-state index in [1.165, 1.54) is 18.4 Å². The van der Waals surface area contributed by atoms with Crippen LogP contribution >= 0.6 is 0 Å². The van der Waals surface area contributed by atoms with E-state index in [0.29, 0.717) is 0 Å².